The fourth-order valence-corrected chi connectivity index (χ4v) is 2.87. The Kier molecular flexibility index (Phi) is 2.88. The van der Waals surface area contributed by atoms with Gasteiger partial charge in [0.1, 0.15) is 11.8 Å². The molecule has 1 aliphatic heterocycles. The Hall–Kier alpha value is -2.52. The van der Waals surface area contributed by atoms with Crippen molar-refractivity contribution in [2.24, 2.45) is 0 Å². The Bertz CT molecular complexity index is 839. The van der Waals surface area contributed by atoms with Crippen molar-refractivity contribution < 1.29 is 10.2 Å². The lowest BCUT2D eigenvalue weighted by Gasteiger charge is -2.11. The van der Waals surface area contributed by atoms with Gasteiger partial charge in [0, 0.05) is 6.54 Å². The number of hydrogen-bond acceptors (Lipinski definition) is 4. The molecule has 6 nitrogen and oxygen atoms in total. The molecule has 0 saturated carbocycles. The van der Waals surface area contributed by atoms with E-state index in [9.17, 15) is 15.0 Å². The van der Waals surface area contributed by atoms with Crippen LogP contribution in [0.25, 0.3) is 5.69 Å². The van der Waals surface area contributed by atoms with Crippen molar-refractivity contribution >= 4 is 0 Å². The first-order valence-corrected chi connectivity index (χ1v) is 6.70. The number of rotatable bonds is 1. The second-order valence-electron chi connectivity index (χ2n) is 5.28. The lowest BCUT2D eigenvalue weighted by Crippen LogP contribution is -2.23. The molecule has 0 spiro atoms. The van der Waals surface area contributed by atoms with Crippen LogP contribution < -0.4 is 5.69 Å². The first-order valence-electron chi connectivity index (χ1n) is 6.70. The van der Waals surface area contributed by atoms with Gasteiger partial charge in [-0.1, -0.05) is 0 Å². The van der Waals surface area contributed by atoms with Gasteiger partial charge in [-0.15, -0.1) is 0 Å². The largest absolute Gasteiger partial charge is 0.493 e. The van der Waals surface area contributed by atoms with Crippen LogP contribution in [0.15, 0.2) is 16.9 Å². The molecule has 3 rings (SSSR count). The molecule has 2 aromatic rings. The Labute approximate surface area is 121 Å². The average molecular weight is 285 g/mol. The number of aliphatic hydroxyl groups is 1. The molecular formula is C15H15N3O3. The summed E-state index contributed by atoms with van der Waals surface area (Å²) in [4.78, 5) is 12.4. The van der Waals surface area contributed by atoms with Crippen LogP contribution in [0.3, 0.4) is 0 Å². The quantitative estimate of drug-likeness (QED) is 0.825. The number of imidazole rings is 1. The molecule has 2 heterocycles. The van der Waals surface area contributed by atoms with Crippen LogP contribution in [0.5, 0.6) is 5.88 Å². The predicted molar refractivity (Wildman–Crippen MR) is 75.5 cm³/mol. The smallest absolute Gasteiger partial charge is 0.336 e. The normalized spacial score (nSPS) is 16.8. The highest BCUT2D eigenvalue weighted by Crippen LogP contribution is 2.34. The maximum atomic E-state index is 12.4. The highest BCUT2D eigenvalue weighted by Gasteiger charge is 2.31. The monoisotopic (exact) mass is 285 g/mol. The minimum absolute atomic E-state index is 0.225. The van der Waals surface area contributed by atoms with Gasteiger partial charge in [0.25, 0.3) is 0 Å². The van der Waals surface area contributed by atoms with E-state index in [1.165, 1.54) is 9.13 Å². The second kappa shape index (κ2) is 4.50. The Morgan fingerprint density at radius 3 is 2.67 bits per heavy atom. The molecular weight excluding hydrogens is 270 g/mol. The third-order valence-corrected chi connectivity index (χ3v) is 4.22. The summed E-state index contributed by atoms with van der Waals surface area (Å²) in [7, 11) is 0. The average Bonchev–Trinajstić information content (AvgIpc) is 2.95. The van der Waals surface area contributed by atoms with E-state index in [2.05, 4.69) is 6.07 Å². The van der Waals surface area contributed by atoms with Crippen molar-refractivity contribution in [3.63, 3.8) is 0 Å². The van der Waals surface area contributed by atoms with Gasteiger partial charge in [-0.2, -0.15) is 5.26 Å². The molecule has 0 bridgehead atoms. The maximum Gasteiger partial charge on any atom is 0.336 e. The van der Waals surface area contributed by atoms with E-state index in [-0.39, 0.29) is 17.3 Å². The number of nitrogens with zero attached hydrogens (tertiary/aromatic N) is 3. The van der Waals surface area contributed by atoms with E-state index in [1.807, 2.05) is 0 Å². The van der Waals surface area contributed by atoms with Gasteiger partial charge in [0.05, 0.1) is 17.3 Å². The lowest BCUT2D eigenvalue weighted by atomic mass is 10.0. The summed E-state index contributed by atoms with van der Waals surface area (Å²) in [6.45, 7) is 4.00. The van der Waals surface area contributed by atoms with Gasteiger partial charge < -0.3 is 10.2 Å². The molecule has 1 aromatic carbocycles. The highest BCUT2D eigenvalue weighted by molar-refractivity contribution is 5.54. The summed E-state index contributed by atoms with van der Waals surface area (Å²) < 4.78 is 2.59. The van der Waals surface area contributed by atoms with Crippen LogP contribution in [-0.2, 0) is 6.54 Å². The maximum absolute atomic E-state index is 12.4. The molecule has 0 unspecified atom stereocenters. The Balaban J connectivity index is 2.30. The number of nitriles is 1. The molecule has 0 fully saturated rings. The van der Waals surface area contributed by atoms with Crippen molar-refractivity contribution in [3.05, 3.63) is 45.0 Å². The van der Waals surface area contributed by atoms with Crippen LogP contribution in [0, 0.1) is 25.2 Å². The summed E-state index contributed by atoms with van der Waals surface area (Å²) >= 11 is 0. The number of benzene rings is 1. The minimum atomic E-state index is -0.821. The molecule has 1 atom stereocenters. The zero-order valence-electron chi connectivity index (χ0n) is 11.8. The lowest BCUT2D eigenvalue weighted by molar-refractivity contribution is 0.175. The van der Waals surface area contributed by atoms with Crippen molar-refractivity contribution in [1.29, 1.82) is 5.26 Å². The fourth-order valence-electron chi connectivity index (χ4n) is 2.87. The number of aromatic hydroxyl groups is 1. The zero-order valence-corrected chi connectivity index (χ0v) is 11.8. The third kappa shape index (κ3) is 1.71. The zero-order chi connectivity index (χ0) is 15.3. The predicted octanol–water partition coefficient (Wildman–Crippen LogP) is 1.27. The van der Waals surface area contributed by atoms with E-state index < -0.39 is 6.10 Å². The van der Waals surface area contributed by atoms with Crippen molar-refractivity contribution in [2.75, 3.05) is 0 Å². The van der Waals surface area contributed by atoms with E-state index in [4.69, 9.17) is 5.26 Å². The molecule has 0 amide bonds. The van der Waals surface area contributed by atoms with Gasteiger partial charge in [-0.25, -0.2) is 9.36 Å². The van der Waals surface area contributed by atoms with Crippen molar-refractivity contribution in [2.45, 2.75) is 32.9 Å². The third-order valence-electron chi connectivity index (χ3n) is 4.22. The number of aromatic nitrogens is 2. The summed E-state index contributed by atoms with van der Waals surface area (Å²) in [6.07, 6.45) is -0.386. The van der Waals surface area contributed by atoms with Crippen LogP contribution in [0.1, 0.15) is 34.9 Å². The van der Waals surface area contributed by atoms with Gasteiger partial charge in [0.2, 0.25) is 5.88 Å². The summed E-state index contributed by atoms with van der Waals surface area (Å²) in [5.41, 5.74) is 2.49. The molecule has 0 radical (unpaired) electrons. The second-order valence-corrected chi connectivity index (χ2v) is 5.28. The van der Waals surface area contributed by atoms with E-state index in [1.54, 1.807) is 26.0 Å². The molecule has 21 heavy (non-hydrogen) atoms. The summed E-state index contributed by atoms with van der Waals surface area (Å²) in [5.74, 6) is -0.225. The standard InChI is InChI=1S/C15H15N3O3/c1-8-9(2)11(4-3-10(8)7-16)18-14(20)13-12(19)5-6-17(13)15(18)21/h3-4,12,19-20H,5-6H2,1-2H3/t12-/m1/s1. The molecule has 1 aromatic heterocycles. The fraction of sp³-hybridized carbons (Fsp3) is 0.333. The first-order chi connectivity index (χ1) is 9.97. The number of hydrogen-bond donors (Lipinski definition) is 2. The molecule has 0 aliphatic carbocycles. The summed E-state index contributed by atoms with van der Waals surface area (Å²) in [5, 5.41) is 29.2. The van der Waals surface area contributed by atoms with E-state index in [0.29, 0.717) is 24.2 Å². The number of aliphatic hydroxyl groups excluding tert-OH is 1. The Morgan fingerprint density at radius 2 is 2.05 bits per heavy atom. The van der Waals surface area contributed by atoms with E-state index in [0.717, 1.165) is 11.1 Å². The number of fused-ring (bicyclic) bond motifs is 1. The first kappa shape index (κ1) is 13.5. The van der Waals surface area contributed by atoms with Crippen LogP contribution in [0.4, 0.5) is 0 Å². The van der Waals surface area contributed by atoms with Gasteiger partial charge >= 0.3 is 5.69 Å². The van der Waals surface area contributed by atoms with Crippen LogP contribution in [0.2, 0.25) is 0 Å². The van der Waals surface area contributed by atoms with Crippen LogP contribution >= 0.6 is 0 Å². The molecule has 6 heteroatoms. The molecule has 2 N–H and O–H groups in total. The molecule has 108 valence electrons. The van der Waals surface area contributed by atoms with E-state index >= 15 is 0 Å². The van der Waals surface area contributed by atoms with Gasteiger partial charge in [0.15, 0.2) is 0 Å². The molecule has 1 aliphatic rings. The highest BCUT2D eigenvalue weighted by atomic mass is 16.3. The van der Waals surface area contributed by atoms with Crippen molar-refractivity contribution in [1.82, 2.24) is 9.13 Å². The topological polar surface area (TPSA) is 91.2 Å². The van der Waals surface area contributed by atoms with Gasteiger partial charge in [-0.3, -0.25) is 4.57 Å². The Morgan fingerprint density at radius 1 is 1.33 bits per heavy atom. The minimum Gasteiger partial charge on any atom is -0.493 e. The van der Waals surface area contributed by atoms with Gasteiger partial charge in [-0.05, 0) is 43.5 Å². The van der Waals surface area contributed by atoms with Crippen molar-refractivity contribution in [3.8, 4) is 17.6 Å². The summed E-state index contributed by atoms with van der Waals surface area (Å²) in [6, 6.07) is 5.37. The molecule has 0 saturated heterocycles. The van der Waals surface area contributed by atoms with Crippen LogP contribution in [-0.4, -0.2) is 19.3 Å². The SMILES string of the molecule is Cc1c(C#N)ccc(-n2c(O)c3n(c2=O)CC[C@H]3O)c1C.